The highest BCUT2D eigenvalue weighted by atomic mass is 15.1. The van der Waals surface area contributed by atoms with Crippen molar-refractivity contribution in [2.24, 2.45) is 11.7 Å². The molecule has 3 rings (SSSR count). The van der Waals surface area contributed by atoms with Gasteiger partial charge in [0.2, 0.25) is 0 Å². The van der Waals surface area contributed by atoms with Gasteiger partial charge in [0.25, 0.3) is 0 Å². The first-order valence-corrected chi connectivity index (χ1v) is 7.36. The van der Waals surface area contributed by atoms with E-state index in [0.29, 0.717) is 6.04 Å². The lowest BCUT2D eigenvalue weighted by Crippen LogP contribution is -2.30. The number of nitrogens with two attached hydrogens (primary N) is 1. The van der Waals surface area contributed by atoms with E-state index in [-0.39, 0.29) is 0 Å². The number of hydrogen-bond donors (Lipinski definition) is 1. The number of rotatable bonds is 5. The van der Waals surface area contributed by atoms with Crippen LogP contribution >= 0.6 is 0 Å². The standard InChI is InChI=1S/C16H24N2/c17-16(14-6-7-14)9-11-18-10-8-15(12-18)13-4-2-1-3-5-13/h1-5,14-16H,6-12,17H2. The average Bonchev–Trinajstić information content (AvgIpc) is 3.16. The van der Waals surface area contributed by atoms with Crippen LogP contribution in [-0.4, -0.2) is 30.6 Å². The topological polar surface area (TPSA) is 29.3 Å². The molecule has 0 radical (unpaired) electrons. The van der Waals surface area contributed by atoms with Crippen LogP contribution in [0.1, 0.15) is 37.2 Å². The van der Waals surface area contributed by atoms with Gasteiger partial charge in [0.15, 0.2) is 0 Å². The van der Waals surface area contributed by atoms with Gasteiger partial charge in [0.1, 0.15) is 0 Å². The molecule has 2 aliphatic rings. The van der Waals surface area contributed by atoms with Gasteiger partial charge in [-0.2, -0.15) is 0 Å². The SMILES string of the molecule is NC(CCN1CCC(c2ccccc2)C1)C1CC1. The summed E-state index contributed by atoms with van der Waals surface area (Å²) in [6.07, 6.45) is 5.23. The largest absolute Gasteiger partial charge is 0.327 e. The van der Waals surface area contributed by atoms with E-state index in [1.165, 1.54) is 50.9 Å². The Morgan fingerprint density at radius 2 is 1.94 bits per heavy atom. The van der Waals surface area contributed by atoms with Crippen LogP contribution in [0, 0.1) is 5.92 Å². The second-order valence-electron chi connectivity index (χ2n) is 5.99. The van der Waals surface area contributed by atoms with Gasteiger partial charge in [-0.25, -0.2) is 0 Å². The highest BCUT2D eigenvalue weighted by molar-refractivity contribution is 5.20. The molecule has 1 saturated heterocycles. The van der Waals surface area contributed by atoms with E-state index in [4.69, 9.17) is 5.73 Å². The van der Waals surface area contributed by atoms with E-state index in [9.17, 15) is 0 Å². The molecule has 2 atom stereocenters. The molecule has 1 saturated carbocycles. The first-order chi connectivity index (χ1) is 8.83. The molecule has 2 unspecified atom stereocenters. The Kier molecular flexibility index (Phi) is 3.67. The quantitative estimate of drug-likeness (QED) is 0.862. The van der Waals surface area contributed by atoms with Crippen LogP contribution in [0.15, 0.2) is 30.3 Å². The van der Waals surface area contributed by atoms with Gasteiger partial charge >= 0.3 is 0 Å². The molecule has 1 aliphatic carbocycles. The van der Waals surface area contributed by atoms with E-state index in [1.54, 1.807) is 0 Å². The Bertz CT molecular complexity index is 372. The summed E-state index contributed by atoms with van der Waals surface area (Å²) >= 11 is 0. The third-order valence-electron chi connectivity index (χ3n) is 4.55. The molecular formula is C16H24N2. The van der Waals surface area contributed by atoms with Crippen LogP contribution in [-0.2, 0) is 0 Å². The van der Waals surface area contributed by atoms with Gasteiger partial charge in [-0.1, -0.05) is 30.3 Å². The summed E-state index contributed by atoms with van der Waals surface area (Å²) in [5.74, 6) is 1.58. The molecule has 0 amide bonds. The highest BCUT2D eigenvalue weighted by Crippen LogP contribution is 2.33. The molecule has 0 bridgehead atoms. The van der Waals surface area contributed by atoms with Crippen molar-refractivity contribution >= 4 is 0 Å². The predicted molar refractivity (Wildman–Crippen MR) is 75.6 cm³/mol. The van der Waals surface area contributed by atoms with Crippen molar-refractivity contribution in [2.45, 2.75) is 37.6 Å². The lowest BCUT2D eigenvalue weighted by atomic mass is 9.99. The Morgan fingerprint density at radius 1 is 1.17 bits per heavy atom. The number of nitrogens with zero attached hydrogens (tertiary/aromatic N) is 1. The fourth-order valence-corrected chi connectivity index (χ4v) is 3.12. The zero-order chi connectivity index (χ0) is 12.4. The molecule has 18 heavy (non-hydrogen) atoms. The summed E-state index contributed by atoms with van der Waals surface area (Å²) in [6, 6.07) is 11.4. The molecule has 98 valence electrons. The summed E-state index contributed by atoms with van der Waals surface area (Å²) in [5, 5.41) is 0. The van der Waals surface area contributed by atoms with Crippen LogP contribution in [0.25, 0.3) is 0 Å². The fraction of sp³-hybridized carbons (Fsp3) is 0.625. The zero-order valence-corrected chi connectivity index (χ0v) is 11.1. The maximum absolute atomic E-state index is 6.18. The van der Waals surface area contributed by atoms with Crippen LogP contribution < -0.4 is 5.73 Å². The average molecular weight is 244 g/mol. The number of hydrogen-bond acceptors (Lipinski definition) is 2. The first kappa shape index (κ1) is 12.2. The number of likely N-dealkylation sites (tertiary alicyclic amines) is 1. The van der Waals surface area contributed by atoms with Crippen LogP contribution in [0.5, 0.6) is 0 Å². The predicted octanol–water partition coefficient (Wildman–Crippen LogP) is 2.60. The fourth-order valence-electron chi connectivity index (χ4n) is 3.12. The van der Waals surface area contributed by atoms with Gasteiger partial charge in [-0.15, -0.1) is 0 Å². The monoisotopic (exact) mass is 244 g/mol. The van der Waals surface area contributed by atoms with Gasteiger partial charge in [-0.3, -0.25) is 0 Å². The van der Waals surface area contributed by atoms with Crippen LogP contribution in [0.4, 0.5) is 0 Å². The van der Waals surface area contributed by atoms with Crippen molar-refractivity contribution < 1.29 is 0 Å². The molecule has 0 spiro atoms. The minimum absolute atomic E-state index is 0.459. The molecule has 2 nitrogen and oxygen atoms in total. The maximum Gasteiger partial charge on any atom is 0.00793 e. The summed E-state index contributed by atoms with van der Waals surface area (Å²) < 4.78 is 0. The second-order valence-corrected chi connectivity index (χ2v) is 5.99. The van der Waals surface area contributed by atoms with Crippen LogP contribution in [0.3, 0.4) is 0 Å². The minimum Gasteiger partial charge on any atom is -0.327 e. The highest BCUT2D eigenvalue weighted by Gasteiger charge is 2.29. The van der Waals surface area contributed by atoms with Gasteiger partial charge in [0, 0.05) is 12.6 Å². The summed E-state index contributed by atoms with van der Waals surface area (Å²) in [7, 11) is 0. The Labute approximate surface area is 110 Å². The molecule has 1 aliphatic heterocycles. The van der Waals surface area contributed by atoms with Crippen molar-refractivity contribution in [3.05, 3.63) is 35.9 Å². The van der Waals surface area contributed by atoms with E-state index in [2.05, 4.69) is 35.2 Å². The van der Waals surface area contributed by atoms with Gasteiger partial charge < -0.3 is 10.6 Å². The molecule has 1 aromatic carbocycles. The lowest BCUT2D eigenvalue weighted by molar-refractivity contribution is 0.311. The molecule has 1 aromatic rings. The first-order valence-electron chi connectivity index (χ1n) is 7.36. The second kappa shape index (κ2) is 5.41. The van der Waals surface area contributed by atoms with Crippen LogP contribution in [0.2, 0.25) is 0 Å². The third kappa shape index (κ3) is 2.93. The van der Waals surface area contributed by atoms with E-state index in [0.717, 1.165) is 11.8 Å². The Hall–Kier alpha value is -0.860. The Balaban J connectivity index is 1.46. The van der Waals surface area contributed by atoms with Crippen molar-refractivity contribution in [3.8, 4) is 0 Å². The van der Waals surface area contributed by atoms with Gasteiger partial charge in [0.05, 0.1) is 0 Å². The summed E-state index contributed by atoms with van der Waals surface area (Å²) in [5.41, 5.74) is 7.68. The zero-order valence-electron chi connectivity index (χ0n) is 11.1. The smallest absolute Gasteiger partial charge is 0.00793 e. The maximum atomic E-state index is 6.18. The third-order valence-corrected chi connectivity index (χ3v) is 4.55. The van der Waals surface area contributed by atoms with Crippen molar-refractivity contribution in [2.75, 3.05) is 19.6 Å². The van der Waals surface area contributed by atoms with E-state index in [1.807, 2.05) is 0 Å². The molecule has 0 aromatic heterocycles. The normalized spacial score (nSPS) is 26.4. The lowest BCUT2D eigenvalue weighted by Gasteiger charge is -2.18. The molecule has 2 fully saturated rings. The Morgan fingerprint density at radius 3 is 2.67 bits per heavy atom. The minimum atomic E-state index is 0.459. The number of benzene rings is 1. The molecule has 2 heteroatoms. The van der Waals surface area contributed by atoms with E-state index < -0.39 is 0 Å². The van der Waals surface area contributed by atoms with Crippen molar-refractivity contribution in [1.29, 1.82) is 0 Å². The summed E-state index contributed by atoms with van der Waals surface area (Å²) in [6.45, 7) is 3.67. The summed E-state index contributed by atoms with van der Waals surface area (Å²) in [4.78, 5) is 2.60. The van der Waals surface area contributed by atoms with E-state index >= 15 is 0 Å². The van der Waals surface area contributed by atoms with Gasteiger partial charge in [-0.05, 0) is 56.2 Å². The van der Waals surface area contributed by atoms with Crippen molar-refractivity contribution in [1.82, 2.24) is 4.90 Å². The van der Waals surface area contributed by atoms with Crippen molar-refractivity contribution in [3.63, 3.8) is 0 Å². The molecular weight excluding hydrogens is 220 g/mol. The molecule has 1 heterocycles. The molecule has 2 N–H and O–H groups in total.